The summed E-state index contributed by atoms with van der Waals surface area (Å²) in [5, 5.41) is 22.9. The van der Waals surface area contributed by atoms with E-state index >= 15 is 0 Å². The molecule has 2 aromatic heterocycles. The van der Waals surface area contributed by atoms with Gasteiger partial charge in [-0.1, -0.05) is 0 Å². The molecule has 112 valence electrons. The van der Waals surface area contributed by atoms with Crippen LogP contribution in [0, 0.1) is 6.92 Å². The number of hydrogen-bond donors (Lipinski definition) is 4. The van der Waals surface area contributed by atoms with Crippen LogP contribution >= 0.6 is 0 Å². The molecule has 0 aromatic carbocycles. The molecule has 2 heterocycles. The third-order valence-corrected chi connectivity index (χ3v) is 4.21. The first-order valence-corrected chi connectivity index (χ1v) is 7.19. The monoisotopic (exact) mass is 288 g/mol. The highest BCUT2D eigenvalue weighted by Crippen LogP contribution is 2.35. The predicted octanol–water partition coefficient (Wildman–Crippen LogP) is 1.35. The first kappa shape index (κ1) is 14.0. The number of aliphatic hydroxyl groups excluding tert-OH is 1. The molecule has 0 aliphatic heterocycles. The predicted molar refractivity (Wildman–Crippen MR) is 77.8 cm³/mol. The molecule has 0 bridgehead atoms. The zero-order chi connectivity index (χ0) is 14.8. The van der Waals surface area contributed by atoms with Crippen molar-refractivity contribution in [3.63, 3.8) is 0 Å². The second kappa shape index (κ2) is 5.83. The van der Waals surface area contributed by atoms with Crippen molar-refractivity contribution in [1.29, 1.82) is 0 Å². The number of hydrogen-bond acceptors (Lipinski definition) is 5. The van der Waals surface area contributed by atoms with Crippen molar-refractivity contribution in [2.45, 2.75) is 44.9 Å². The Bertz CT molecular complexity index is 606. The lowest BCUT2D eigenvalue weighted by atomic mass is 9.79. The summed E-state index contributed by atoms with van der Waals surface area (Å²) in [7, 11) is 0. The first-order chi connectivity index (χ1) is 10.2. The minimum Gasteiger partial charge on any atom is -0.506 e. The van der Waals surface area contributed by atoms with Crippen molar-refractivity contribution in [1.82, 2.24) is 20.3 Å². The molecule has 0 unspecified atom stereocenters. The minimum absolute atomic E-state index is 0.114. The van der Waals surface area contributed by atoms with Gasteiger partial charge in [0.15, 0.2) is 0 Å². The summed E-state index contributed by atoms with van der Waals surface area (Å²) in [5.74, 6) is 1.71. The molecule has 1 aliphatic carbocycles. The summed E-state index contributed by atoms with van der Waals surface area (Å²) in [6.45, 7) is 2.19. The van der Waals surface area contributed by atoms with Crippen LogP contribution in [-0.2, 0) is 13.2 Å². The van der Waals surface area contributed by atoms with Gasteiger partial charge in [0.2, 0.25) is 0 Å². The van der Waals surface area contributed by atoms with Crippen LogP contribution in [0.5, 0.6) is 5.75 Å². The molecule has 2 aromatic rings. The van der Waals surface area contributed by atoms with Crippen LogP contribution in [0.15, 0.2) is 18.6 Å². The number of rotatable bonds is 5. The molecule has 0 saturated heterocycles. The van der Waals surface area contributed by atoms with Crippen molar-refractivity contribution in [2.24, 2.45) is 0 Å². The van der Waals surface area contributed by atoms with Gasteiger partial charge in [0.1, 0.15) is 11.6 Å². The van der Waals surface area contributed by atoms with E-state index in [1.807, 2.05) is 6.20 Å². The van der Waals surface area contributed by atoms with E-state index in [4.69, 9.17) is 0 Å². The fourth-order valence-corrected chi connectivity index (χ4v) is 2.77. The van der Waals surface area contributed by atoms with Crippen molar-refractivity contribution < 1.29 is 10.2 Å². The van der Waals surface area contributed by atoms with E-state index in [-0.39, 0.29) is 12.4 Å². The molecule has 0 amide bonds. The molecule has 6 heteroatoms. The molecule has 3 rings (SSSR count). The summed E-state index contributed by atoms with van der Waals surface area (Å²) in [4.78, 5) is 11.5. The van der Waals surface area contributed by atoms with Gasteiger partial charge < -0.3 is 20.5 Å². The second-order valence-electron chi connectivity index (χ2n) is 5.57. The molecular weight excluding hydrogens is 268 g/mol. The molecule has 0 radical (unpaired) electrons. The number of nitrogens with zero attached hydrogens (tertiary/aromatic N) is 2. The Kier molecular flexibility index (Phi) is 3.90. The van der Waals surface area contributed by atoms with Crippen LogP contribution in [0.25, 0.3) is 0 Å². The van der Waals surface area contributed by atoms with Gasteiger partial charge >= 0.3 is 0 Å². The van der Waals surface area contributed by atoms with Crippen molar-refractivity contribution in [3.05, 3.63) is 41.2 Å². The van der Waals surface area contributed by atoms with E-state index in [1.165, 1.54) is 0 Å². The highest BCUT2D eigenvalue weighted by atomic mass is 16.3. The van der Waals surface area contributed by atoms with Crippen molar-refractivity contribution >= 4 is 0 Å². The number of aromatic hydroxyl groups is 1. The summed E-state index contributed by atoms with van der Waals surface area (Å²) in [6.07, 6.45) is 7.32. The third kappa shape index (κ3) is 2.77. The van der Waals surface area contributed by atoms with E-state index in [1.54, 1.807) is 19.3 Å². The van der Waals surface area contributed by atoms with Crippen LogP contribution in [-0.4, -0.2) is 31.2 Å². The van der Waals surface area contributed by atoms with Crippen molar-refractivity contribution in [2.75, 3.05) is 0 Å². The fourth-order valence-electron chi connectivity index (χ4n) is 2.77. The maximum absolute atomic E-state index is 10.1. The average Bonchev–Trinajstić information content (AvgIpc) is 2.95. The maximum Gasteiger partial charge on any atom is 0.141 e. The molecule has 1 fully saturated rings. The van der Waals surface area contributed by atoms with Gasteiger partial charge in [0.25, 0.3) is 0 Å². The zero-order valence-corrected chi connectivity index (χ0v) is 12.0. The number of H-pyrrole nitrogens is 1. The normalized spacial score (nSPS) is 21.2. The molecule has 1 saturated carbocycles. The molecule has 4 N–H and O–H groups in total. The Morgan fingerprint density at radius 3 is 2.86 bits per heavy atom. The van der Waals surface area contributed by atoms with Gasteiger partial charge in [-0.2, -0.15) is 0 Å². The van der Waals surface area contributed by atoms with E-state index in [9.17, 15) is 10.2 Å². The quantitative estimate of drug-likeness (QED) is 0.666. The molecule has 6 nitrogen and oxygen atoms in total. The summed E-state index contributed by atoms with van der Waals surface area (Å²) in [5.41, 5.74) is 2.00. The SMILES string of the molecule is Cc1ncc(CO)c(CNC2CC(c3ncc[nH]3)C2)c1O. The Balaban J connectivity index is 1.58. The largest absolute Gasteiger partial charge is 0.506 e. The Morgan fingerprint density at radius 1 is 1.38 bits per heavy atom. The van der Waals surface area contributed by atoms with Gasteiger partial charge in [-0.3, -0.25) is 4.98 Å². The number of nitrogens with one attached hydrogen (secondary N) is 2. The molecule has 21 heavy (non-hydrogen) atoms. The second-order valence-corrected chi connectivity index (χ2v) is 5.57. The smallest absolute Gasteiger partial charge is 0.141 e. The lowest BCUT2D eigenvalue weighted by Gasteiger charge is -2.35. The minimum atomic E-state index is -0.114. The van der Waals surface area contributed by atoms with E-state index in [0.29, 0.717) is 29.8 Å². The van der Waals surface area contributed by atoms with Gasteiger partial charge in [-0.15, -0.1) is 0 Å². The highest BCUT2D eigenvalue weighted by molar-refractivity contribution is 5.40. The van der Waals surface area contributed by atoms with E-state index in [0.717, 1.165) is 24.2 Å². The van der Waals surface area contributed by atoms with Gasteiger partial charge in [-0.25, -0.2) is 4.98 Å². The Labute approximate surface area is 123 Å². The maximum atomic E-state index is 10.1. The zero-order valence-electron chi connectivity index (χ0n) is 12.0. The number of aryl methyl sites for hydroxylation is 1. The lowest BCUT2D eigenvalue weighted by Crippen LogP contribution is -2.40. The molecule has 0 atom stereocenters. The van der Waals surface area contributed by atoms with Crippen LogP contribution in [0.3, 0.4) is 0 Å². The van der Waals surface area contributed by atoms with Crippen molar-refractivity contribution in [3.8, 4) is 5.75 Å². The lowest BCUT2D eigenvalue weighted by molar-refractivity contribution is 0.269. The molecule has 0 spiro atoms. The fraction of sp³-hybridized carbons (Fsp3) is 0.467. The topological polar surface area (TPSA) is 94.1 Å². The average molecular weight is 288 g/mol. The summed E-state index contributed by atoms with van der Waals surface area (Å²) < 4.78 is 0. The standard InChI is InChI=1S/C15H20N4O2/c1-9-14(21)13(11(8-20)6-18-9)7-19-12-4-10(5-12)15-16-2-3-17-15/h2-3,6,10,12,19-21H,4-5,7-8H2,1H3,(H,16,17). The molecule has 1 aliphatic rings. The number of aromatic amines is 1. The van der Waals surface area contributed by atoms with Crippen LogP contribution in [0.4, 0.5) is 0 Å². The molecular formula is C15H20N4O2. The van der Waals surface area contributed by atoms with E-state index in [2.05, 4.69) is 20.3 Å². The van der Waals surface area contributed by atoms with Gasteiger partial charge in [-0.05, 0) is 19.8 Å². The van der Waals surface area contributed by atoms with Crippen LogP contribution in [0.2, 0.25) is 0 Å². The van der Waals surface area contributed by atoms with E-state index < -0.39 is 0 Å². The summed E-state index contributed by atoms with van der Waals surface area (Å²) >= 11 is 0. The van der Waals surface area contributed by atoms with Crippen LogP contribution in [0.1, 0.15) is 41.4 Å². The van der Waals surface area contributed by atoms with Gasteiger partial charge in [0, 0.05) is 48.2 Å². The Hall–Kier alpha value is -1.92. The number of aromatic nitrogens is 3. The number of pyridine rings is 1. The Morgan fingerprint density at radius 2 is 2.19 bits per heavy atom. The highest BCUT2D eigenvalue weighted by Gasteiger charge is 2.31. The third-order valence-electron chi connectivity index (χ3n) is 4.21. The first-order valence-electron chi connectivity index (χ1n) is 7.19. The van der Waals surface area contributed by atoms with Gasteiger partial charge in [0.05, 0.1) is 12.3 Å². The number of aliphatic hydroxyl groups is 1. The summed E-state index contributed by atoms with van der Waals surface area (Å²) in [6, 6.07) is 0.416. The van der Waals surface area contributed by atoms with Crippen LogP contribution < -0.4 is 5.32 Å². The number of imidazole rings is 1.